The molecule has 5 N–H and O–H groups in total. The van der Waals surface area contributed by atoms with Crippen molar-refractivity contribution < 1.29 is 10.3 Å². The highest BCUT2D eigenvalue weighted by molar-refractivity contribution is 5.96. The molecule has 0 heterocycles. The standard InChI is InChI=1S/C14H23N3O2/c1-10(2)13(7-8-18)16-9-11-3-5-12(6-4-11)14(15)17-19/h3-6,10,13,16,18-19H,7-9H2,1-2H3,(H2,15,17). The fourth-order valence-electron chi connectivity index (χ4n) is 1.91. The lowest BCUT2D eigenvalue weighted by Crippen LogP contribution is -2.34. The van der Waals surface area contributed by atoms with Crippen LogP contribution in [0.15, 0.2) is 29.4 Å². The molecular formula is C14H23N3O2. The SMILES string of the molecule is CC(C)C(CCO)NCc1ccc(/C(N)=N/O)cc1. The van der Waals surface area contributed by atoms with E-state index in [2.05, 4.69) is 24.3 Å². The molecule has 106 valence electrons. The summed E-state index contributed by atoms with van der Waals surface area (Å²) in [6.45, 7) is 5.20. The van der Waals surface area contributed by atoms with Crippen molar-refractivity contribution in [2.45, 2.75) is 32.9 Å². The normalized spacial score (nSPS) is 13.8. The van der Waals surface area contributed by atoms with E-state index in [0.29, 0.717) is 17.5 Å². The minimum absolute atomic E-state index is 0.111. The number of nitrogens with one attached hydrogen (secondary N) is 1. The highest BCUT2D eigenvalue weighted by atomic mass is 16.4. The Balaban J connectivity index is 2.58. The Morgan fingerprint density at radius 2 is 1.95 bits per heavy atom. The smallest absolute Gasteiger partial charge is 0.170 e. The largest absolute Gasteiger partial charge is 0.409 e. The predicted molar refractivity (Wildman–Crippen MR) is 76.1 cm³/mol. The van der Waals surface area contributed by atoms with Crippen molar-refractivity contribution >= 4 is 5.84 Å². The topological polar surface area (TPSA) is 90.9 Å². The number of aliphatic hydroxyl groups excluding tert-OH is 1. The van der Waals surface area contributed by atoms with Crippen molar-refractivity contribution in [1.82, 2.24) is 5.32 Å². The van der Waals surface area contributed by atoms with E-state index in [0.717, 1.165) is 18.5 Å². The van der Waals surface area contributed by atoms with Gasteiger partial charge in [-0.05, 0) is 17.9 Å². The molecule has 1 aromatic carbocycles. The lowest BCUT2D eigenvalue weighted by molar-refractivity contribution is 0.244. The van der Waals surface area contributed by atoms with E-state index >= 15 is 0 Å². The molecule has 0 spiro atoms. The summed E-state index contributed by atoms with van der Waals surface area (Å²) in [6, 6.07) is 7.83. The summed E-state index contributed by atoms with van der Waals surface area (Å²) in [5.41, 5.74) is 7.32. The zero-order valence-corrected chi connectivity index (χ0v) is 11.5. The molecule has 0 amide bonds. The second-order valence-electron chi connectivity index (χ2n) is 4.93. The summed E-state index contributed by atoms with van der Waals surface area (Å²) >= 11 is 0. The minimum atomic E-state index is 0.111. The van der Waals surface area contributed by atoms with Crippen LogP contribution < -0.4 is 11.1 Å². The van der Waals surface area contributed by atoms with Crippen molar-refractivity contribution in [1.29, 1.82) is 0 Å². The molecule has 0 bridgehead atoms. The molecule has 0 aliphatic rings. The maximum atomic E-state index is 9.02. The number of hydrogen-bond acceptors (Lipinski definition) is 4. The van der Waals surface area contributed by atoms with Gasteiger partial charge in [-0.25, -0.2) is 0 Å². The second kappa shape index (κ2) is 7.76. The third-order valence-electron chi connectivity index (χ3n) is 3.17. The number of rotatable bonds is 7. The van der Waals surface area contributed by atoms with Crippen LogP contribution in [0.25, 0.3) is 0 Å². The number of benzene rings is 1. The van der Waals surface area contributed by atoms with E-state index < -0.39 is 0 Å². The second-order valence-corrected chi connectivity index (χ2v) is 4.93. The van der Waals surface area contributed by atoms with Crippen LogP contribution in [0, 0.1) is 5.92 Å². The maximum absolute atomic E-state index is 9.02. The molecule has 1 rings (SSSR count). The molecule has 5 nitrogen and oxygen atoms in total. The molecule has 1 unspecified atom stereocenters. The van der Waals surface area contributed by atoms with E-state index in [1.165, 1.54) is 0 Å². The van der Waals surface area contributed by atoms with E-state index in [4.69, 9.17) is 16.0 Å². The Morgan fingerprint density at radius 1 is 1.32 bits per heavy atom. The van der Waals surface area contributed by atoms with Crippen molar-refractivity contribution in [2.24, 2.45) is 16.8 Å². The molecule has 0 saturated heterocycles. The van der Waals surface area contributed by atoms with Crippen molar-refractivity contribution in [3.05, 3.63) is 35.4 Å². The summed E-state index contributed by atoms with van der Waals surface area (Å²) < 4.78 is 0. The van der Waals surface area contributed by atoms with Gasteiger partial charge in [0, 0.05) is 24.8 Å². The Hall–Kier alpha value is -1.59. The molecule has 0 radical (unpaired) electrons. The number of oxime groups is 1. The Bertz CT molecular complexity index is 402. The van der Waals surface area contributed by atoms with Crippen LogP contribution in [0.5, 0.6) is 0 Å². The zero-order valence-electron chi connectivity index (χ0n) is 11.5. The van der Waals surface area contributed by atoms with Gasteiger partial charge in [0.15, 0.2) is 5.84 Å². The van der Waals surface area contributed by atoms with Gasteiger partial charge in [-0.1, -0.05) is 43.3 Å². The Kier molecular flexibility index (Phi) is 6.32. The summed E-state index contributed by atoms with van der Waals surface area (Å²) in [5.74, 6) is 0.587. The van der Waals surface area contributed by atoms with E-state index in [1.807, 2.05) is 24.3 Å². The van der Waals surface area contributed by atoms with E-state index in [9.17, 15) is 0 Å². The lowest BCUT2D eigenvalue weighted by Gasteiger charge is -2.21. The quantitative estimate of drug-likeness (QED) is 0.259. The summed E-state index contributed by atoms with van der Waals surface area (Å²) in [4.78, 5) is 0. The molecular weight excluding hydrogens is 242 g/mol. The van der Waals surface area contributed by atoms with Gasteiger partial charge in [0.05, 0.1) is 0 Å². The minimum Gasteiger partial charge on any atom is -0.409 e. The average molecular weight is 265 g/mol. The fraction of sp³-hybridized carbons (Fsp3) is 0.500. The molecule has 19 heavy (non-hydrogen) atoms. The fourth-order valence-corrected chi connectivity index (χ4v) is 1.91. The number of aliphatic hydroxyl groups is 1. The molecule has 1 atom stereocenters. The molecule has 5 heteroatoms. The van der Waals surface area contributed by atoms with E-state index in [1.54, 1.807) is 0 Å². The Labute approximate surface area is 114 Å². The number of amidine groups is 1. The number of hydrogen-bond donors (Lipinski definition) is 4. The van der Waals surface area contributed by atoms with Crippen molar-refractivity contribution in [3.8, 4) is 0 Å². The van der Waals surface area contributed by atoms with Crippen LogP contribution in [0.2, 0.25) is 0 Å². The van der Waals surface area contributed by atoms with Gasteiger partial charge < -0.3 is 21.4 Å². The summed E-state index contributed by atoms with van der Waals surface area (Å²) in [7, 11) is 0. The van der Waals surface area contributed by atoms with Gasteiger partial charge in [-0.2, -0.15) is 0 Å². The average Bonchev–Trinajstić information content (AvgIpc) is 2.42. The van der Waals surface area contributed by atoms with Gasteiger partial charge >= 0.3 is 0 Å². The van der Waals surface area contributed by atoms with Crippen LogP contribution in [-0.2, 0) is 6.54 Å². The Morgan fingerprint density at radius 3 is 2.42 bits per heavy atom. The van der Waals surface area contributed by atoms with Crippen LogP contribution in [-0.4, -0.2) is 28.8 Å². The van der Waals surface area contributed by atoms with Gasteiger partial charge in [-0.3, -0.25) is 0 Å². The number of nitrogens with zero attached hydrogens (tertiary/aromatic N) is 1. The number of nitrogens with two attached hydrogens (primary N) is 1. The summed E-state index contributed by atoms with van der Waals surface area (Å²) in [6.07, 6.45) is 0.750. The van der Waals surface area contributed by atoms with Gasteiger partial charge in [0.2, 0.25) is 0 Å². The molecule has 1 aromatic rings. The zero-order chi connectivity index (χ0) is 14.3. The molecule has 0 aliphatic carbocycles. The first kappa shape index (κ1) is 15.5. The van der Waals surface area contributed by atoms with E-state index in [-0.39, 0.29) is 12.4 Å². The van der Waals surface area contributed by atoms with Crippen LogP contribution in [0.1, 0.15) is 31.4 Å². The van der Waals surface area contributed by atoms with Crippen LogP contribution in [0.4, 0.5) is 0 Å². The lowest BCUT2D eigenvalue weighted by atomic mass is 10.0. The first-order valence-corrected chi connectivity index (χ1v) is 6.49. The molecule has 0 fully saturated rings. The molecule has 0 aliphatic heterocycles. The monoisotopic (exact) mass is 265 g/mol. The van der Waals surface area contributed by atoms with Gasteiger partial charge in [0.25, 0.3) is 0 Å². The first-order valence-electron chi connectivity index (χ1n) is 6.49. The molecule has 0 aromatic heterocycles. The third-order valence-corrected chi connectivity index (χ3v) is 3.17. The molecule has 0 saturated carbocycles. The third kappa shape index (κ3) is 4.89. The van der Waals surface area contributed by atoms with Crippen molar-refractivity contribution in [2.75, 3.05) is 6.61 Å². The highest BCUT2D eigenvalue weighted by Crippen LogP contribution is 2.09. The van der Waals surface area contributed by atoms with Gasteiger partial charge in [-0.15, -0.1) is 0 Å². The summed E-state index contributed by atoms with van der Waals surface area (Å²) in [5, 5.41) is 24.0. The van der Waals surface area contributed by atoms with Crippen molar-refractivity contribution in [3.63, 3.8) is 0 Å². The predicted octanol–water partition coefficient (Wildman–Crippen LogP) is 1.28. The maximum Gasteiger partial charge on any atom is 0.170 e. The van der Waals surface area contributed by atoms with Crippen LogP contribution in [0.3, 0.4) is 0 Å². The van der Waals surface area contributed by atoms with Crippen LogP contribution >= 0.6 is 0 Å². The van der Waals surface area contributed by atoms with Gasteiger partial charge in [0.1, 0.15) is 0 Å². The highest BCUT2D eigenvalue weighted by Gasteiger charge is 2.11. The first-order chi connectivity index (χ1) is 9.08.